The van der Waals surface area contributed by atoms with Crippen LogP contribution in [0.1, 0.15) is 28.9 Å². The highest BCUT2D eigenvalue weighted by atomic mass is 16.5. The number of aromatic nitrogens is 1. The van der Waals surface area contributed by atoms with Gasteiger partial charge in [-0.3, -0.25) is 9.59 Å². The second kappa shape index (κ2) is 9.13. The molecule has 0 aliphatic carbocycles. The molecule has 0 spiro atoms. The number of esters is 1. The number of fused-ring (bicyclic) bond motifs is 1. The lowest BCUT2D eigenvalue weighted by Gasteiger charge is -2.18. The molecule has 8 nitrogen and oxygen atoms in total. The second-order valence-corrected chi connectivity index (χ2v) is 6.57. The number of aromatic amines is 1. The Morgan fingerprint density at radius 1 is 1.07 bits per heavy atom. The van der Waals surface area contributed by atoms with Crippen molar-refractivity contribution in [3.8, 4) is 11.5 Å². The number of methoxy groups -OCH3 is 2. The molecule has 3 rings (SSSR count). The SMILES string of the molecule is COc1ccc(OC)c([C@@H](C)NC(=O)COC(=O)c2cc(=O)[nH]c3ccccc23)c1. The van der Waals surface area contributed by atoms with Gasteiger partial charge in [0.2, 0.25) is 5.56 Å². The highest BCUT2D eigenvalue weighted by Crippen LogP contribution is 2.29. The summed E-state index contributed by atoms with van der Waals surface area (Å²) in [5.74, 6) is -0.0241. The molecule has 3 aromatic rings. The van der Waals surface area contributed by atoms with Crippen molar-refractivity contribution in [2.75, 3.05) is 20.8 Å². The van der Waals surface area contributed by atoms with E-state index in [1.54, 1.807) is 56.5 Å². The number of H-pyrrole nitrogens is 1. The van der Waals surface area contributed by atoms with Gasteiger partial charge in [-0.25, -0.2) is 4.79 Å². The number of rotatable bonds is 7. The maximum Gasteiger partial charge on any atom is 0.339 e. The fourth-order valence-corrected chi connectivity index (χ4v) is 3.12. The summed E-state index contributed by atoms with van der Waals surface area (Å²) in [7, 11) is 3.08. The number of amides is 1. The third-order valence-electron chi connectivity index (χ3n) is 4.59. The first-order chi connectivity index (χ1) is 14.4. The minimum absolute atomic E-state index is 0.102. The Bertz CT molecular complexity index is 1140. The molecular formula is C22H22N2O6. The van der Waals surface area contributed by atoms with Gasteiger partial charge in [0.05, 0.1) is 25.8 Å². The van der Waals surface area contributed by atoms with Crippen molar-refractivity contribution in [1.82, 2.24) is 10.3 Å². The molecule has 0 aliphatic heterocycles. The van der Waals surface area contributed by atoms with Gasteiger partial charge in [0, 0.05) is 22.5 Å². The zero-order valence-corrected chi connectivity index (χ0v) is 16.9. The molecule has 0 fully saturated rings. The van der Waals surface area contributed by atoms with Crippen LogP contribution < -0.4 is 20.3 Å². The Morgan fingerprint density at radius 3 is 2.57 bits per heavy atom. The van der Waals surface area contributed by atoms with E-state index in [0.717, 1.165) is 11.6 Å². The standard InChI is InChI=1S/C22H22N2O6/c1-13(16-10-14(28-2)8-9-19(16)29-3)23-21(26)12-30-22(27)17-11-20(25)24-18-7-5-4-6-15(17)18/h4-11,13H,12H2,1-3H3,(H,23,26)(H,24,25)/t13-/m1/s1. The van der Waals surface area contributed by atoms with Crippen LogP contribution in [0.2, 0.25) is 0 Å². The van der Waals surface area contributed by atoms with E-state index in [9.17, 15) is 14.4 Å². The van der Waals surface area contributed by atoms with Crippen molar-refractivity contribution in [2.45, 2.75) is 13.0 Å². The van der Waals surface area contributed by atoms with E-state index in [1.807, 2.05) is 0 Å². The van der Waals surface area contributed by atoms with Crippen LogP contribution in [0.4, 0.5) is 0 Å². The minimum Gasteiger partial charge on any atom is -0.497 e. The average Bonchev–Trinajstić information content (AvgIpc) is 2.76. The smallest absolute Gasteiger partial charge is 0.339 e. The van der Waals surface area contributed by atoms with E-state index in [4.69, 9.17) is 14.2 Å². The quantitative estimate of drug-likeness (QED) is 0.580. The van der Waals surface area contributed by atoms with Gasteiger partial charge in [0.15, 0.2) is 6.61 Å². The fraction of sp³-hybridized carbons (Fsp3) is 0.227. The zero-order valence-electron chi connectivity index (χ0n) is 16.9. The Labute approximate surface area is 172 Å². The van der Waals surface area contributed by atoms with Gasteiger partial charge in [-0.15, -0.1) is 0 Å². The molecule has 2 aromatic carbocycles. The monoisotopic (exact) mass is 410 g/mol. The maximum absolute atomic E-state index is 12.5. The van der Waals surface area contributed by atoms with Crippen LogP contribution in [-0.4, -0.2) is 37.7 Å². The first-order valence-corrected chi connectivity index (χ1v) is 9.23. The molecule has 1 atom stereocenters. The molecule has 8 heteroatoms. The lowest BCUT2D eigenvalue weighted by atomic mass is 10.1. The number of hydrogen-bond acceptors (Lipinski definition) is 6. The Kier molecular flexibility index (Phi) is 6.36. The molecule has 30 heavy (non-hydrogen) atoms. The van der Waals surface area contributed by atoms with Crippen LogP contribution in [0.5, 0.6) is 11.5 Å². The van der Waals surface area contributed by atoms with Crippen molar-refractivity contribution in [1.29, 1.82) is 0 Å². The van der Waals surface area contributed by atoms with E-state index >= 15 is 0 Å². The number of para-hydroxylation sites is 1. The highest BCUT2D eigenvalue weighted by molar-refractivity contribution is 6.03. The summed E-state index contributed by atoms with van der Waals surface area (Å²) in [5, 5.41) is 3.30. The van der Waals surface area contributed by atoms with Gasteiger partial charge in [-0.1, -0.05) is 18.2 Å². The number of carbonyl (C=O) groups is 2. The number of pyridine rings is 1. The number of nitrogens with one attached hydrogen (secondary N) is 2. The van der Waals surface area contributed by atoms with Crippen molar-refractivity contribution < 1.29 is 23.8 Å². The van der Waals surface area contributed by atoms with Crippen LogP contribution in [0.25, 0.3) is 10.9 Å². The summed E-state index contributed by atoms with van der Waals surface area (Å²) in [4.78, 5) is 39.2. The van der Waals surface area contributed by atoms with E-state index in [-0.39, 0.29) is 5.56 Å². The van der Waals surface area contributed by atoms with E-state index in [2.05, 4.69) is 10.3 Å². The van der Waals surface area contributed by atoms with Crippen LogP contribution in [-0.2, 0) is 9.53 Å². The molecule has 0 radical (unpaired) electrons. The molecule has 1 amide bonds. The Morgan fingerprint density at radius 2 is 1.83 bits per heavy atom. The Hall–Kier alpha value is -3.81. The summed E-state index contributed by atoms with van der Waals surface area (Å²) in [6.07, 6.45) is 0. The number of hydrogen-bond donors (Lipinski definition) is 2. The van der Waals surface area contributed by atoms with Gasteiger partial charge in [0.25, 0.3) is 5.91 Å². The minimum atomic E-state index is -0.751. The van der Waals surface area contributed by atoms with E-state index < -0.39 is 30.1 Å². The zero-order chi connectivity index (χ0) is 21.7. The molecule has 0 unspecified atom stereocenters. The molecule has 1 aromatic heterocycles. The number of ether oxygens (including phenoxy) is 3. The molecule has 0 saturated carbocycles. The van der Waals surface area contributed by atoms with E-state index in [0.29, 0.717) is 22.4 Å². The maximum atomic E-state index is 12.5. The van der Waals surface area contributed by atoms with Gasteiger partial charge < -0.3 is 24.5 Å². The lowest BCUT2D eigenvalue weighted by molar-refractivity contribution is -0.124. The van der Waals surface area contributed by atoms with Crippen molar-refractivity contribution in [3.05, 3.63) is 70.0 Å². The van der Waals surface area contributed by atoms with Crippen molar-refractivity contribution in [3.63, 3.8) is 0 Å². The summed E-state index contributed by atoms with van der Waals surface area (Å²) in [6.45, 7) is 1.29. The summed E-state index contributed by atoms with van der Waals surface area (Å²) >= 11 is 0. The largest absolute Gasteiger partial charge is 0.497 e. The molecule has 1 heterocycles. The first-order valence-electron chi connectivity index (χ1n) is 9.23. The lowest BCUT2D eigenvalue weighted by Crippen LogP contribution is -2.31. The molecule has 0 bridgehead atoms. The first kappa shape index (κ1) is 20.9. The molecular weight excluding hydrogens is 388 g/mol. The fourth-order valence-electron chi connectivity index (χ4n) is 3.12. The van der Waals surface area contributed by atoms with Gasteiger partial charge in [-0.2, -0.15) is 0 Å². The average molecular weight is 410 g/mol. The van der Waals surface area contributed by atoms with Gasteiger partial charge >= 0.3 is 5.97 Å². The third-order valence-corrected chi connectivity index (χ3v) is 4.59. The molecule has 0 aliphatic rings. The van der Waals surface area contributed by atoms with Crippen LogP contribution in [0, 0.1) is 0 Å². The van der Waals surface area contributed by atoms with Gasteiger partial charge in [-0.05, 0) is 31.2 Å². The molecule has 2 N–H and O–H groups in total. The van der Waals surface area contributed by atoms with Gasteiger partial charge in [0.1, 0.15) is 11.5 Å². The predicted molar refractivity (Wildman–Crippen MR) is 111 cm³/mol. The number of carbonyl (C=O) groups excluding carboxylic acids is 2. The van der Waals surface area contributed by atoms with Crippen molar-refractivity contribution >= 4 is 22.8 Å². The Balaban J connectivity index is 1.68. The predicted octanol–water partition coefficient (Wildman–Crippen LogP) is 2.58. The molecule has 0 saturated heterocycles. The second-order valence-electron chi connectivity index (χ2n) is 6.57. The summed E-state index contributed by atoms with van der Waals surface area (Å²) in [6, 6.07) is 12.9. The summed E-state index contributed by atoms with van der Waals surface area (Å²) in [5.41, 5.74) is 0.908. The summed E-state index contributed by atoms with van der Waals surface area (Å²) < 4.78 is 15.7. The normalized spacial score (nSPS) is 11.6. The van der Waals surface area contributed by atoms with E-state index in [1.165, 1.54) is 7.11 Å². The topological polar surface area (TPSA) is 107 Å². The number of benzene rings is 2. The van der Waals surface area contributed by atoms with Crippen LogP contribution >= 0.6 is 0 Å². The third kappa shape index (κ3) is 4.60. The van der Waals surface area contributed by atoms with Crippen LogP contribution in [0.3, 0.4) is 0 Å². The highest BCUT2D eigenvalue weighted by Gasteiger charge is 2.18. The van der Waals surface area contributed by atoms with Crippen LogP contribution in [0.15, 0.2) is 53.3 Å². The van der Waals surface area contributed by atoms with Crippen molar-refractivity contribution in [2.24, 2.45) is 0 Å². The molecule has 156 valence electrons.